The van der Waals surface area contributed by atoms with Gasteiger partial charge in [-0.25, -0.2) is 0 Å². The molecule has 1 aromatic heterocycles. The zero-order chi connectivity index (χ0) is 26.7. The van der Waals surface area contributed by atoms with Gasteiger partial charge in [-0.15, -0.1) is 0 Å². The number of benzene rings is 3. The Morgan fingerprint density at radius 3 is 2.44 bits per heavy atom. The third-order valence-corrected chi connectivity index (χ3v) is 8.70. The highest BCUT2D eigenvalue weighted by Gasteiger charge is 2.70. The van der Waals surface area contributed by atoms with Gasteiger partial charge in [0.05, 0.1) is 12.0 Å². The molecule has 4 heterocycles. The SMILES string of the molecule is O=C(c1cccnc1)C1C(C(=O)c2ccc(Br)cc2)C2(C(=O)Nc3ccccc32)C2C=Cc3ccccc3N12. The molecule has 0 saturated carbocycles. The molecule has 190 valence electrons. The largest absolute Gasteiger partial charge is 0.352 e. The summed E-state index contributed by atoms with van der Waals surface area (Å²) in [7, 11) is 0. The summed E-state index contributed by atoms with van der Waals surface area (Å²) in [4.78, 5) is 49.6. The molecule has 6 nitrogen and oxygen atoms in total. The Balaban J connectivity index is 1.54. The van der Waals surface area contributed by atoms with E-state index in [0.717, 1.165) is 21.3 Å². The lowest BCUT2D eigenvalue weighted by Gasteiger charge is -2.37. The van der Waals surface area contributed by atoms with Gasteiger partial charge >= 0.3 is 0 Å². The number of ketones is 2. The van der Waals surface area contributed by atoms with Gasteiger partial charge in [0.15, 0.2) is 11.6 Å². The van der Waals surface area contributed by atoms with E-state index in [4.69, 9.17) is 0 Å². The fourth-order valence-electron chi connectivity index (χ4n) is 6.59. The van der Waals surface area contributed by atoms with Crippen molar-refractivity contribution in [3.05, 3.63) is 130 Å². The smallest absolute Gasteiger partial charge is 0.238 e. The molecule has 1 amide bonds. The third kappa shape index (κ3) is 3.32. The van der Waals surface area contributed by atoms with E-state index >= 15 is 0 Å². The number of rotatable bonds is 4. The average Bonchev–Trinajstić information content (AvgIpc) is 3.45. The molecule has 3 aliphatic rings. The summed E-state index contributed by atoms with van der Waals surface area (Å²) < 4.78 is 0.835. The fraction of sp³-hybridized carbons (Fsp3) is 0.125. The maximum atomic E-state index is 14.7. The molecule has 4 unspecified atom stereocenters. The highest BCUT2D eigenvalue weighted by Crippen LogP contribution is 2.58. The van der Waals surface area contributed by atoms with Crippen LogP contribution in [0.3, 0.4) is 0 Å². The lowest BCUT2D eigenvalue weighted by atomic mass is 9.64. The second-order valence-electron chi connectivity index (χ2n) is 10.0. The maximum Gasteiger partial charge on any atom is 0.238 e. The van der Waals surface area contributed by atoms with Crippen LogP contribution in [0.25, 0.3) is 6.08 Å². The molecule has 4 atom stereocenters. The Labute approximate surface area is 233 Å². The summed E-state index contributed by atoms with van der Waals surface area (Å²) in [6, 6.07) is 24.3. The number of para-hydroxylation sites is 2. The lowest BCUT2D eigenvalue weighted by Crippen LogP contribution is -2.51. The quantitative estimate of drug-likeness (QED) is 0.316. The van der Waals surface area contributed by atoms with Gasteiger partial charge in [0, 0.05) is 39.4 Å². The zero-order valence-electron chi connectivity index (χ0n) is 20.6. The Kier molecular flexibility index (Phi) is 5.39. The summed E-state index contributed by atoms with van der Waals surface area (Å²) in [5.74, 6) is -1.78. The van der Waals surface area contributed by atoms with Gasteiger partial charge in [-0.1, -0.05) is 76.6 Å². The van der Waals surface area contributed by atoms with Crippen molar-refractivity contribution in [2.24, 2.45) is 5.92 Å². The van der Waals surface area contributed by atoms with Gasteiger partial charge in [0.25, 0.3) is 0 Å². The topological polar surface area (TPSA) is 79.4 Å². The second kappa shape index (κ2) is 8.85. The van der Waals surface area contributed by atoms with Crippen molar-refractivity contribution in [3.63, 3.8) is 0 Å². The Hall–Kier alpha value is -4.36. The number of Topliss-reactive ketones (excluding diaryl/α,β-unsaturated/α-hetero) is 2. The van der Waals surface area contributed by atoms with E-state index in [1.165, 1.54) is 6.20 Å². The molecule has 39 heavy (non-hydrogen) atoms. The van der Waals surface area contributed by atoms with Crippen LogP contribution in [0.4, 0.5) is 11.4 Å². The van der Waals surface area contributed by atoms with Gasteiger partial charge in [0.1, 0.15) is 11.5 Å². The molecule has 0 aliphatic carbocycles. The predicted molar refractivity (Wildman–Crippen MR) is 153 cm³/mol. The number of amides is 1. The minimum absolute atomic E-state index is 0.247. The van der Waals surface area contributed by atoms with E-state index in [9.17, 15) is 14.4 Å². The maximum absolute atomic E-state index is 14.7. The number of fused-ring (bicyclic) bond motifs is 6. The van der Waals surface area contributed by atoms with Gasteiger partial charge in [-0.05, 0) is 47.5 Å². The van der Waals surface area contributed by atoms with Crippen LogP contribution in [-0.2, 0) is 10.2 Å². The van der Waals surface area contributed by atoms with Crippen LogP contribution < -0.4 is 10.2 Å². The number of halogens is 1. The fourth-order valence-corrected chi connectivity index (χ4v) is 6.86. The Morgan fingerprint density at radius 1 is 0.872 bits per heavy atom. The number of carbonyl (C=O) groups is 3. The third-order valence-electron chi connectivity index (χ3n) is 8.17. The number of anilines is 2. The van der Waals surface area contributed by atoms with Crippen molar-refractivity contribution >= 4 is 50.9 Å². The first-order valence-electron chi connectivity index (χ1n) is 12.7. The number of carbonyl (C=O) groups excluding carboxylic acids is 3. The highest BCUT2D eigenvalue weighted by molar-refractivity contribution is 9.10. The Bertz CT molecular complexity index is 1680. The number of aromatic nitrogens is 1. The average molecular weight is 576 g/mol. The molecule has 1 spiro atoms. The van der Waals surface area contributed by atoms with E-state index in [2.05, 4.69) is 26.2 Å². The number of nitrogens with zero attached hydrogens (tertiary/aromatic N) is 2. The zero-order valence-corrected chi connectivity index (χ0v) is 22.2. The minimum atomic E-state index is -1.33. The molecule has 1 saturated heterocycles. The van der Waals surface area contributed by atoms with Crippen LogP contribution in [-0.4, -0.2) is 34.5 Å². The van der Waals surface area contributed by atoms with E-state index in [-0.39, 0.29) is 17.5 Å². The number of hydrogen-bond acceptors (Lipinski definition) is 5. The van der Waals surface area contributed by atoms with Crippen LogP contribution >= 0.6 is 15.9 Å². The van der Waals surface area contributed by atoms with E-state index in [1.807, 2.05) is 65.6 Å². The molecule has 7 heteroatoms. The first-order valence-corrected chi connectivity index (χ1v) is 13.5. The van der Waals surface area contributed by atoms with Crippen molar-refractivity contribution in [3.8, 4) is 0 Å². The van der Waals surface area contributed by atoms with Crippen molar-refractivity contribution in [2.75, 3.05) is 10.2 Å². The summed E-state index contributed by atoms with van der Waals surface area (Å²) in [5, 5.41) is 3.05. The van der Waals surface area contributed by atoms with Crippen LogP contribution in [0.1, 0.15) is 31.8 Å². The molecule has 0 bridgehead atoms. The second-order valence-corrected chi connectivity index (χ2v) is 11.0. The van der Waals surface area contributed by atoms with Crippen LogP contribution in [0.2, 0.25) is 0 Å². The van der Waals surface area contributed by atoms with Crippen molar-refractivity contribution < 1.29 is 14.4 Å². The summed E-state index contributed by atoms with van der Waals surface area (Å²) in [6.07, 6.45) is 7.10. The number of hydrogen-bond donors (Lipinski definition) is 1. The Morgan fingerprint density at radius 2 is 1.64 bits per heavy atom. The molecule has 1 fully saturated rings. The molecular formula is C32H22BrN3O3. The summed E-state index contributed by atoms with van der Waals surface area (Å²) >= 11 is 3.45. The standard InChI is InChI=1S/C32H22BrN3O3/c33-22-14-11-20(12-15-22)29(37)27-28(30(38)21-7-5-17-34-18-21)36-25-10-4-1-6-19(25)13-16-26(36)32(27)23-8-2-3-9-24(23)35-31(32)39/h1-18,26-28H,(H,35,39). The molecule has 3 aliphatic heterocycles. The number of nitrogens with one attached hydrogen (secondary N) is 1. The molecule has 4 aromatic rings. The summed E-state index contributed by atoms with van der Waals surface area (Å²) in [5.41, 5.74) is 2.65. The van der Waals surface area contributed by atoms with Crippen molar-refractivity contribution in [1.29, 1.82) is 0 Å². The first-order chi connectivity index (χ1) is 19.0. The van der Waals surface area contributed by atoms with E-state index in [1.54, 1.807) is 42.6 Å². The molecule has 0 radical (unpaired) electrons. The summed E-state index contributed by atoms with van der Waals surface area (Å²) in [6.45, 7) is 0. The van der Waals surface area contributed by atoms with Crippen molar-refractivity contribution in [2.45, 2.75) is 17.5 Å². The van der Waals surface area contributed by atoms with Crippen LogP contribution in [0, 0.1) is 5.92 Å². The van der Waals surface area contributed by atoms with E-state index in [0.29, 0.717) is 16.8 Å². The van der Waals surface area contributed by atoms with Crippen molar-refractivity contribution in [1.82, 2.24) is 4.98 Å². The van der Waals surface area contributed by atoms with Crippen LogP contribution in [0.15, 0.2) is 108 Å². The van der Waals surface area contributed by atoms with E-state index < -0.39 is 23.4 Å². The molecule has 1 N–H and O–H groups in total. The monoisotopic (exact) mass is 575 g/mol. The number of pyridine rings is 1. The highest BCUT2D eigenvalue weighted by atomic mass is 79.9. The first kappa shape index (κ1) is 23.7. The van der Waals surface area contributed by atoms with Gasteiger partial charge in [-0.2, -0.15) is 0 Å². The van der Waals surface area contributed by atoms with Gasteiger partial charge in [0.2, 0.25) is 5.91 Å². The normalized spacial score (nSPS) is 24.2. The van der Waals surface area contributed by atoms with Gasteiger partial charge in [-0.3, -0.25) is 19.4 Å². The van der Waals surface area contributed by atoms with Gasteiger partial charge < -0.3 is 10.2 Å². The van der Waals surface area contributed by atoms with Crippen LogP contribution in [0.5, 0.6) is 0 Å². The minimum Gasteiger partial charge on any atom is -0.352 e. The molecule has 7 rings (SSSR count). The lowest BCUT2D eigenvalue weighted by molar-refractivity contribution is -0.121. The predicted octanol–water partition coefficient (Wildman–Crippen LogP) is 5.70. The molecule has 3 aromatic carbocycles. The molecular weight excluding hydrogens is 554 g/mol.